The van der Waals surface area contributed by atoms with Crippen LogP contribution in [-0.2, 0) is 0 Å². The Kier molecular flexibility index (Phi) is 5.25. The van der Waals surface area contributed by atoms with Gasteiger partial charge in [-0.25, -0.2) is 0 Å². The van der Waals surface area contributed by atoms with Crippen molar-refractivity contribution < 1.29 is 9.90 Å². The van der Waals surface area contributed by atoms with E-state index in [1.165, 1.54) is 0 Å². The quantitative estimate of drug-likeness (QED) is 0.556. The first-order valence-corrected chi connectivity index (χ1v) is 5.90. The maximum absolute atomic E-state index is 11.7. The van der Waals surface area contributed by atoms with Crippen LogP contribution in [0.3, 0.4) is 0 Å². The number of rotatable bonds is 5. The molecule has 0 bridgehead atoms. The highest BCUT2D eigenvalue weighted by atomic mass is 35.5. The third-order valence-corrected chi connectivity index (χ3v) is 2.67. The summed E-state index contributed by atoms with van der Waals surface area (Å²) >= 11 is 5.82. The van der Waals surface area contributed by atoms with E-state index in [-0.39, 0.29) is 12.0 Å². The zero-order valence-corrected chi connectivity index (χ0v) is 10.5. The normalized spacial score (nSPS) is 12.2. The monoisotopic (exact) mass is 256 g/mol. The third kappa shape index (κ3) is 4.63. The van der Waals surface area contributed by atoms with E-state index < -0.39 is 0 Å². The first-order valence-electron chi connectivity index (χ1n) is 5.52. The lowest BCUT2D eigenvalue weighted by atomic mass is 10.2. The van der Waals surface area contributed by atoms with Crippen molar-refractivity contribution in [2.75, 3.05) is 12.3 Å². The number of nitrogen functional groups attached to an aromatic ring is 1. The summed E-state index contributed by atoms with van der Waals surface area (Å²) in [6.07, 6.45) is 1.08. The lowest BCUT2D eigenvalue weighted by molar-refractivity contribution is 0.0949. The van der Waals surface area contributed by atoms with Crippen LogP contribution in [0.5, 0.6) is 0 Å². The zero-order chi connectivity index (χ0) is 12.8. The summed E-state index contributed by atoms with van der Waals surface area (Å²) in [5.41, 5.74) is 6.50. The molecule has 1 aromatic carbocycles. The van der Waals surface area contributed by atoms with Gasteiger partial charge in [0, 0.05) is 12.1 Å². The fourth-order valence-corrected chi connectivity index (χ4v) is 1.55. The van der Waals surface area contributed by atoms with E-state index in [2.05, 4.69) is 5.32 Å². The molecule has 1 atom stereocenters. The van der Waals surface area contributed by atoms with Crippen LogP contribution >= 0.6 is 11.6 Å². The fourth-order valence-electron chi connectivity index (χ4n) is 1.37. The first-order chi connectivity index (χ1) is 8.00. The van der Waals surface area contributed by atoms with E-state index in [0.717, 1.165) is 6.42 Å². The van der Waals surface area contributed by atoms with Crippen LogP contribution in [0.25, 0.3) is 0 Å². The molecule has 5 heteroatoms. The van der Waals surface area contributed by atoms with Crippen LogP contribution in [0.15, 0.2) is 18.2 Å². The van der Waals surface area contributed by atoms with E-state index in [0.29, 0.717) is 29.2 Å². The Labute approximate surface area is 106 Å². The van der Waals surface area contributed by atoms with Gasteiger partial charge in [0.25, 0.3) is 5.91 Å². The number of carbonyl (C=O) groups excluding carboxylic acids is 1. The lowest BCUT2D eigenvalue weighted by Crippen LogP contribution is -2.25. The summed E-state index contributed by atoms with van der Waals surface area (Å²) in [5.74, 6) is -0.183. The smallest absolute Gasteiger partial charge is 0.251 e. The van der Waals surface area contributed by atoms with Crippen molar-refractivity contribution in [1.29, 1.82) is 0 Å². The summed E-state index contributed by atoms with van der Waals surface area (Å²) in [6, 6.07) is 4.78. The molecule has 4 N–H and O–H groups in total. The van der Waals surface area contributed by atoms with Gasteiger partial charge in [0.15, 0.2) is 0 Å². The highest BCUT2D eigenvalue weighted by molar-refractivity contribution is 6.33. The minimum Gasteiger partial charge on any atom is -0.398 e. The molecule has 0 saturated heterocycles. The fraction of sp³-hybridized carbons (Fsp3) is 0.417. The Morgan fingerprint density at radius 1 is 1.59 bits per heavy atom. The van der Waals surface area contributed by atoms with Crippen molar-refractivity contribution in [3.05, 3.63) is 28.8 Å². The van der Waals surface area contributed by atoms with E-state index in [1.807, 2.05) is 0 Å². The van der Waals surface area contributed by atoms with Gasteiger partial charge in [0.2, 0.25) is 0 Å². The number of benzene rings is 1. The molecule has 0 heterocycles. The van der Waals surface area contributed by atoms with Gasteiger partial charge in [-0.15, -0.1) is 0 Å². The van der Waals surface area contributed by atoms with Crippen LogP contribution < -0.4 is 11.1 Å². The van der Waals surface area contributed by atoms with Crippen molar-refractivity contribution in [3.8, 4) is 0 Å². The van der Waals surface area contributed by atoms with Gasteiger partial charge >= 0.3 is 0 Å². The molecule has 0 spiro atoms. The highest BCUT2D eigenvalue weighted by Crippen LogP contribution is 2.19. The number of nitrogens with one attached hydrogen (secondary N) is 1. The van der Waals surface area contributed by atoms with Crippen molar-refractivity contribution in [1.82, 2.24) is 5.32 Å². The van der Waals surface area contributed by atoms with Gasteiger partial charge < -0.3 is 16.2 Å². The number of carbonyl (C=O) groups is 1. The summed E-state index contributed by atoms with van der Waals surface area (Å²) in [7, 11) is 0. The van der Waals surface area contributed by atoms with Gasteiger partial charge in [-0.2, -0.15) is 0 Å². The molecule has 0 fully saturated rings. The molecule has 0 aromatic heterocycles. The third-order valence-electron chi connectivity index (χ3n) is 2.35. The van der Waals surface area contributed by atoms with Crippen molar-refractivity contribution in [3.63, 3.8) is 0 Å². The Morgan fingerprint density at radius 3 is 2.88 bits per heavy atom. The molecule has 0 radical (unpaired) electrons. The molecule has 0 aliphatic carbocycles. The van der Waals surface area contributed by atoms with Crippen molar-refractivity contribution >= 4 is 23.2 Å². The Bertz CT molecular complexity index is 394. The molecular weight excluding hydrogens is 240 g/mol. The Morgan fingerprint density at radius 2 is 2.29 bits per heavy atom. The SMILES string of the molecule is CC(O)CCCNC(=O)c1ccc(N)c(Cl)c1. The maximum atomic E-state index is 11.7. The molecule has 1 unspecified atom stereocenters. The van der Waals surface area contributed by atoms with E-state index in [9.17, 15) is 4.79 Å². The molecule has 0 saturated carbocycles. The molecule has 1 amide bonds. The summed E-state index contributed by atoms with van der Waals surface area (Å²) in [4.78, 5) is 11.7. The lowest BCUT2D eigenvalue weighted by Gasteiger charge is -2.07. The van der Waals surface area contributed by atoms with E-state index in [1.54, 1.807) is 25.1 Å². The minimum absolute atomic E-state index is 0.183. The van der Waals surface area contributed by atoms with Gasteiger partial charge in [0.05, 0.1) is 16.8 Å². The second-order valence-corrected chi connectivity index (χ2v) is 4.39. The first kappa shape index (κ1) is 13.8. The standard InChI is InChI=1S/C12H17ClN2O2/c1-8(16)3-2-6-15-12(17)9-4-5-11(14)10(13)7-9/h4-5,7-8,16H,2-3,6,14H2,1H3,(H,15,17). The molecule has 4 nitrogen and oxygen atoms in total. The number of amides is 1. The van der Waals surface area contributed by atoms with Gasteiger partial charge in [-0.05, 0) is 38.0 Å². The number of anilines is 1. The van der Waals surface area contributed by atoms with Gasteiger partial charge in [0.1, 0.15) is 0 Å². The molecule has 0 aliphatic heterocycles. The number of aliphatic hydroxyl groups excluding tert-OH is 1. The molecule has 94 valence electrons. The predicted octanol–water partition coefficient (Wildman–Crippen LogP) is 1.81. The van der Waals surface area contributed by atoms with Crippen molar-refractivity contribution in [2.24, 2.45) is 0 Å². The molecule has 17 heavy (non-hydrogen) atoms. The Balaban J connectivity index is 2.44. The number of aliphatic hydroxyl groups is 1. The second kappa shape index (κ2) is 6.47. The number of nitrogens with two attached hydrogens (primary N) is 1. The maximum Gasteiger partial charge on any atom is 0.251 e. The van der Waals surface area contributed by atoms with E-state index in [4.69, 9.17) is 22.4 Å². The molecule has 1 rings (SSSR count). The molecule has 0 aliphatic rings. The summed E-state index contributed by atoms with van der Waals surface area (Å²) in [5, 5.41) is 12.2. The number of hydrogen-bond acceptors (Lipinski definition) is 3. The van der Waals surface area contributed by atoms with Crippen LogP contribution in [-0.4, -0.2) is 23.7 Å². The summed E-state index contributed by atoms with van der Waals surface area (Å²) < 4.78 is 0. The minimum atomic E-state index is -0.335. The predicted molar refractivity (Wildman–Crippen MR) is 69.1 cm³/mol. The molecular formula is C12H17ClN2O2. The largest absolute Gasteiger partial charge is 0.398 e. The summed E-state index contributed by atoms with van der Waals surface area (Å²) in [6.45, 7) is 2.26. The average molecular weight is 257 g/mol. The van der Waals surface area contributed by atoms with Crippen molar-refractivity contribution in [2.45, 2.75) is 25.9 Å². The van der Waals surface area contributed by atoms with Gasteiger partial charge in [-0.1, -0.05) is 11.6 Å². The van der Waals surface area contributed by atoms with E-state index >= 15 is 0 Å². The van der Waals surface area contributed by atoms with Crippen LogP contribution in [0, 0.1) is 0 Å². The zero-order valence-electron chi connectivity index (χ0n) is 9.74. The van der Waals surface area contributed by atoms with Crippen LogP contribution in [0.1, 0.15) is 30.1 Å². The van der Waals surface area contributed by atoms with Gasteiger partial charge in [-0.3, -0.25) is 4.79 Å². The number of halogens is 1. The molecule has 1 aromatic rings. The highest BCUT2D eigenvalue weighted by Gasteiger charge is 2.07. The average Bonchev–Trinajstić information content (AvgIpc) is 2.27. The van der Waals surface area contributed by atoms with Crippen LogP contribution in [0.2, 0.25) is 5.02 Å². The number of hydrogen-bond donors (Lipinski definition) is 3. The Hall–Kier alpha value is -1.26. The second-order valence-electron chi connectivity index (χ2n) is 3.98. The van der Waals surface area contributed by atoms with Crippen LogP contribution in [0.4, 0.5) is 5.69 Å². The topological polar surface area (TPSA) is 75.3 Å².